The molecule has 25 heavy (non-hydrogen) atoms. The zero-order valence-electron chi connectivity index (χ0n) is 12.8. The molecule has 2 nitrogen and oxygen atoms in total. The summed E-state index contributed by atoms with van der Waals surface area (Å²) in [5.74, 6) is 0.571. The fourth-order valence-corrected chi connectivity index (χ4v) is 3.22. The van der Waals surface area contributed by atoms with E-state index in [0.717, 1.165) is 5.56 Å². The van der Waals surface area contributed by atoms with Crippen molar-refractivity contribution in [2.45, 2.75) is 6.42 Å². The maximum Gasteiger partial charge on any atom is 0.169 e. The molecule has 0 bridgehead atoms. The molecule has 0 saturated heterocycles. The van der Waals surface area contributed by atoms with Crippen LogP contribution in [-0.2, 0) is 6.42 Å². The van der Waals surface area contributed by atoms with Crippen molar-refractivity contribution in [3.63, 3.8) is 0 Å². The summed E-state index contributed by atoms with van der Waals surface area (Å²) in [4.78, 5) is 0. The molecule has 0 saturated carbocycles. The Hall–Kier alpha value is -1.58. The topological polar surface area (TPSA) is 29.5 Å². The van der Waals surface area contributed by atoms with E-state index in [9.17, 15) is 5.11 Å². The van der Waals surface area contributed by atoms with Crippen LogP contribution in [0.5, 0.6) is 17.2 Å². The molecule has 128 valence electrons. The van der Waals surface area contributed by atoms with Gasteiger partial charge in [-0.1, -0.05) is 64.6 Å². The van der Waals surface area contributed by atoms with Crippen LogP contribution in [0.4, 0.5) is 0 Å². The van der Waals surface area contributed by atoms with Crippen LogP contribution < -0.4 is 4.74 Å². The number of phenolic OH excluding ortho intramolecular Hbond substituents is 1. The molecule has 0 aliphatic carbocycles. The van der Waals surface area contributed by atoms with E-state index in [-0.39, 0.29) is 11.5 Å². The quantitative estimate of drug-likeness (QED) is 0.483. The Labute approximate surface area is 165 Å². The standard InChI is InChI=1S/C19H12Cl4O2/c20-12-5-7-17(16(23)10-12)25-18-8-6-15(22)13(19(18)24)9-11-3-1-2-4-14(11)21/h1-8,10,24H,9H2. The van der Waals surface area contributed by atoms with Crippen LogP contribution in [0.3, 0.4) is 0 Å². The van der Waals surface area contributed by atoms with Gasteiger partial charge in [-0.2, -0.15) is 0 Å². The van der Waals surface area contributed by atoms with E-state index in [1.807, 2.05) is 18.2 Å². The maximum absolute atomic E-state index is 10.6. The number of aromatic hydroxyl groups is 1. The van der Waals surface area contributed by atoms with Gasteiger partial charge in [0.2, 0.25) is 0 Å². The SMILES string of the molecule is Oc1c(Oc2ccc(Cl)cc2Cl)ccc(Cl)c1Cc1ccccc1Cl. The lowest BCUT2D eigenvalue weighted by atomic mass is 10.0. The molecule has 0 aromatic heterocycles. The van der Waals surface area contributed by atoms with Crippen LogP contribution >= 0.6 is 46.4 Å². The first-order valence-corrected chi connectivity index (χ1v) is 8.83. The van der Waals surface area contributed by atoms with Gasteiger partial charge in [0, 0.05) is 27.1 Å². The summed E-state index contributed by atoms with van der Waals surface area (Å²) < 4.78 is 5.73. The Bertz CT molecular complexity index is 925. The maximum atomic E-state index is 10.6. The molecule has 0 atom stereocenters. The second-order valence-electron chi connectivity index (χ2n) is 5.32. The van der Waals surface area contributed by atoms with Gasteiger partial charge in [0.1, 0.15) is 5.75 Å². The van der Waals surface area contributed by atoms with Gasteiger partial charge in [-0.3, -0.25) is 0 Å². The van der Waals surface area contributed by atoms with Crippen LogP contribution in [0.25, 0.3) is 0 Å². The van der Waals surface area contributed by atoms with Crippen molar-refractivity contribution >= 4 is 46.4 Å². The third-order valence-electron chi connectivity index (χ3n) is 3.63. The van der Waals surface area contributed by atoms with Gasteiger partial charge in [-0.05, 0) is 42.0 Å². The predicted octanol–water partition coefficient (Wildman–Crippen LogP) is 7.39. The highest BCUT2D eigenvalue weighted by Gasteiger charge is 2.16. The van der Waals surface area contributed by atoms with E-state index in [4.69, 9.17) is 51.1 Å². The van der Waals surface area contributed by atoms with E-state index in [2.05, 4.69) is 0 Å². The molecule has 3 rings (SSSR count). The van der Waals surface area contributed by atoms with E-state index in [0.29, 0.717) is 37.8 Å². The molecule has 3 aromatic rings. The Balaban J connectivity index is 1.96. The third kappa shape index (κ3) is 4.16. The number of hydrogen-bond donors (Lipinski definition) is 1. The monoisotopic (exact) mass is 412 g/mol. The summed E-state index contributed by atoms with van der Waals surface area (Å²) in [5, 5.41) is 12.5. The van der Waals surface area contributed by atoms with Crippen LogP contribution in [0.2, 0.25) is 20.1 Å². The van der Waals surface area contributed by atoms with E-state index >= 15 is 0 Å². The number of rotatable bonds is 4. The largest absolute Gasteiger partial charge is 0.504 e. The minimum absolute atomic E-state index is 0.0570. The third-order valence-corrected chi connectivity index (χ3v) is 4.88. The highest BCUT2D eigenvalue weighted by Crippen LogP contribution is 2.41. The van der Waals surface area contributed by atoms with Crippen molar-refractivity contribution in [2.75, 3.05) is 0 Å². The lowest BCUT2D eigenvalue weighted by Gasteiger charge is -2.14. The molecule has 0 fully saturated rings. The highest BCUT2D eigenvalue weighted by atomic mass is 35.5. The molecule has 0 amide bonds. The van der Waals surface area contributed by atoms with Gasteiger partial charge in [0.15, 0.2) is 11.5 Å². The van der Waals surface area contributed by atoms with E-state index in [1.54, 1.807) is 36.4 Å². The van der Waals surface area contributed by atoms with Gasteiger partial charge in [0.05, 0.1) is 5.02 Å². The summed E-state index contributed by atoms with van der Waals surface area (Å²) in [6, 6.07) is 15.5. The Morgan fingerprint density at radius 3 is 2.20 bits per heavy atom. The van der Waals surface area contributed by atoms with E-state index < -0.39 is 0 Å². The van der Waals surface area contributed by atoms with Crippen molar-refractivity contribution in [1.29, 1.82) is 0 Å². The lowest BCUT2D eigenvalue weighted by Crippen LogP contribution is -1.94. The fourth-order valence-electron chi connectivity index (χ4n) is 2.35. The smallest absolute Gasteiger partial charge is 0.169 e. The Kier molecular flexibility index (Phi) is 5.65. The number of phenols is 1. The van der Waals surface area contributed by atoms with Crippen LogP contribution in [0.1, 0.15) is 11.1 Å². The number of halogens is 4. The first-order valence-electron chi connectivity index (χ1n) is 7.32. The molecule has 0 heterocycles. The van der Waals surface area contributed by atoms with Crippen LogP contribution in [0, 0.1) is 0 Å². The molecule has 6 heteroatoms. The lowest BCUT2D eigenvalue weighted by molar-refractivity contribution is 0.408. The molecular weight excluding hydrogens is 402 g/mol. The fraction of sp³-hybridized carbons (Fsp3) is 0.0526. The van der Waals surface area contributed by atoms with Gasteiger partial charge in [0.25, 0.3) is 0 Å². The number of benzene rings is 3. The van der Waals surface area contributed by atoms with Gasteiger partial charge < -0.3 is 9.84 Å². The van der Waals surface area contributed by atoms with Gasteiger partial charge in [-0.15, -0.1) is 0 Å². The molecule has 0 unspecified atom stereocenters. The molecule has 1 N–H and O–H groups in total. The number of ether oxygens (including phenoxy) is 1. The second-order valence-corrected chi connectivity index (χ2v) is 6.98. The molecule has 0 radical (unpaired) electrons. The normalized spacial score (nSPS) is 10.7. The summed E-state index contributed by atoms with van der Waals surface area (Å²) in [6.07, 6.45) is 0.371. The molecule has 0 spiro atoms. The Morgan fingerprint density at radius 1 is 0.760 bits per heavy atom. The molecule has 3 aromatic carbocycles. The summed E-state index contributed by atoms with van der Waals surface area (Å²) in [5.41, 5.74) is 1.38. The van der Waals surface area contributed by atoms with Crippen molar-refractivity contribution in [1.82, 2.24) is 0 Å². The van der Waals surface area contributed by atoms with Gasteiger partial charge in [-0.25, -0.2) is 0 Å². The summed E-state index contributed by atoms with van der Waals surface area (Å²) in [7, 11) is 0. The minimum Gasteiger partial charge on any atom is -0.504 e. The minimum atomic E-state index is -0.0570. The van der Waals surface area contributed by atoms with Crippen LogP contribution in [0.15, 0.2) is 54.6 Å². The molecular formula is C19H12Cl4O2. The summed E-state index contributed by atoms with van der Waals surface area (Å²) >= 11 is 24.5. The molecule has 0 aliphatic rings. The molecule has 0 aliphatic heterocycles. The zero-order valence-corrected chi connectivity index (χ0v) is 15.8. The van der Waals surface area contributed by atoms with Crippen LogP contribution in [-0.4, -0.2) is 5.11 Å². The first-order chi connectivity index (χ1) is 12.0. The zero-order chi connectivity index (χ0) is 18.0. The van der Waals surface area contributed by atoms with Crippen molar-refractivity contribution in [3.8, 4) is 17.2 Å². The highest BCUT2D eigenvalue weighted by molar-refractivity contribution is 6.35. The summed E-state index contributed by atoms with van der Waals surface area (Å²) in [6.45, 7) is 0. The van der Waals surface area contributed by atoms with Crippen molar-refractivity contribution in [3.05, 3.63) is 85.8 Å². The number of hydrogen-bond acceptors (Lipinski definition) is 2. The van der Waals surface area contributed by atoms with Gasteiger partial charge >= 0.3 is 0 Å². The predicted molar refractivity (Wildman–Crippen MR) is 104 cm³/mol. The van der Waals surface area contributed by atoms with E-state index in [1.165, 1.54) is 0 Å². The average molecular weight is 414 g/mol. The van der Waals surface area contributed by atoms with Crippen molar-refractivity contribution < 1.29 is 9.84 Å². The second kappa shape index (κ2) is 7.76. The first kappa shape index (κ1) is 18.2. The average Bonchev–Trinajstić information content (AvgIpc) is 2.58. The van der Waals surface area contributed by atoms with Crippen molar-refractivity contribution in [2.24, 2.45) is 0 Å². The Morgan fingerprint density at radius 2 is 1.48 bits per heavy atom.